The molecule has 3 heteroatoms. The van der Waals surface area contributed by atoms with Crippen LogP contribution in [0, 0.1) is 20.2 Å². The Balaban J connectivity index is 2.63. The quantitative estimate of drug-likeness (QED) is 0.646. The molecule has 0 aliphatic heterocycles. The maximum Gasteiger partial charge on any atom is 0.177 e. The van der Waals surface area contributed by atoms with E-state index in [1.54, 1.807) is 7.11 Å². The fourth-order valence-electron chi connectivity index (χ4n) is 0.887. The first-order valence-corrected chi connectivity index (χ1v) is 3.66. The third-order valence-corrected chi connectivity index (χ3v) is 1.79. The molecule has 0 atom stereocenters. The van der Waals surface area contributed by atoms with Gasteiger partial charge in [0.15, 0.2) is 6.33 Å². The van der Waals surface area contributed by atoms with Crippen LogP contribution in [0.1, 0.15) is 11.4 Å². The molecule has 1 aromatic rings. The van der Waals surface area contributed by atoms with Gasteiger partial charge in [-0.2, -0.15) is 0 Å². The largest absolute Gasteiger partial charge is 0.383 e. The van der Waals surface area contributed by atoms with Crippen LogP contribution in [0.5, 0.6) is 0 Å². The zero-order chi connectivity index (χ0) is 8.27. The van der Waals surface area contributed by atoms with Crippen molar-refractivity contribution in [2.75, 3.05) is 13.7 Å². The Morgan fingerprint density at radius 1 is 1.55 bits per heavy atom. The first kappa shape index (κ1) is 8.27. The maximum atomic E-state index is 4.94. The number of rotatable bonds is 3. The van der Waals surface area contributed by atoms with Crippen LogP contribution in [0.25, 0.3) is 0 Å². The van der Waals surface area contributed by atoms with Crippen molar-refractivity contribution >= 4 is 0 Å². The van der Waals surface area contributed by atoms with Crippen LogP contribution in [0.2, 0.25) is 0 Å². The molecule has 0 unspecified atom stereocenters. The van der Waals surface area contributed by atoms with Gasteiger partial charge in [0, 0.05) is 19.3 Å². The molecule has 1 aromatic heterocycles. The molecule has 0 N–H and O–H groups in total. The Bertz CT molecular complexity index is 230. The zero-order valence-corrected chi connectivity index (χ0v) is 7.22. The van der Waals surface area contributed by atoms with Crippen molar-refractivity contribution in [3.05, 3.63) is 17.7 Å². The molecule has 0 aromatic carbocycles. The van der Waals surface area contributed by atoms with E-state index in [4.69, 9.17) is 4.74 Å². The molecule has 1 heterocycles. The minimum atomic E-state index is 0.715. The summed E-state index contributed by atoms with van der Waals surface area (Å²) in [7, 11) is 1.69. The van der Waals surface area contributed by atoms with Crippen LogP contribution in [-0.4, -0.2) is 23.3 Å². The van der Waals surface area contributed by atoms with E-state index in [9.17, 15) is 0 Å². The van der Waals surface area contributed by atoms with E-state index in [0.717, 1.165) is 12.2 Å². The Kier molecular flexibility index (Phi) is 2.65. The van der Waals surface area contributed by atoms with E-state index in [1.807, 2.05) is 18.4 Å². The SMILES string of the molecule is COCCn1[c]nc(C)c1C. The summed E-state index contributed by atoms with van der Waals surface area (Å²) in [5.41, 5.74) is 2.21. The first-order valence-electron chi connectivity index (χ1n) is 3.66. The van der Waals surface area contributed by atoms with Gasteiger partial charge >= 0.3 is 0 Å². The fraction of sp³-hybridized carbons (Fsp3) is 0.625. The molecule has 0 fully saturated rings. The lowest BCUT2D eigenvalue weighted by molar-refractivity contribution is 0.186. The highest BCUT2D eigenvalue weighted by atomic mass is 16.5. The van der Waals surface area contributed by atoms with Crippen molar-refractivity contribution in [2.24, 2.45) is 0 Å². The number of aromatic nitrogens is 2. The van der Waals surface area contributed by atoms with Gasteiger partial charge in [-0.25, -0.2) is 4.98 Å². The molecular weight excluding hydrogens is 140 g/mol. The normalized spacial score (nSPS) is 10.5. The van der Waals surface area contributed by atoms with Crippen molar-refractivity contribution in [3.63, 3.8) is 0 Å². The highest BCUT2D eigenvalue weighted by Gasteiger charge is 2.00. The summed E-state index contributed by atoms with van der Waals surface area (Å²) in [4.78, 5) is 4.05. The third kappa shape index (κ3) is 1.80. The number of aryl methyl sites for hydroxylation is 1. The standard InChI is InChI=1S/C8H13N2O/c1-7-8(2)10(6-9-7)4-5-11-3/h4-5H2,1-3H3. The van der Waals surface area contributed by atoms with Crippen LogP contribution in [0.15, 0.2) is 0 Å². The van der Waals surface area contributed by atoms with Gasteiger partial charge in [0.2, 0.25) is 0 Å². The smallest absolute Gasteiger partial charge is 0.177 e. The van der Waals surface area contributed by atoms with Crippen LogP contribution in [0.4, 0.5) is 0 Å². The van der Waals surface area contributed by atoms with Crippen molar-refractivity contribution in [1.82, 2.24) is 9.55 Å². The van der Waals surface area contributed by atoms with Crippen molar-refractivity contribution in [3.8, 4) is 0 Å². The Morgan fingerprint density at radius 3 is 2.73 bits per heavy atom. The molecule has 0 spiro atoms. The second-order valence-corrected chi connectivity index (χ2v) is 2.53. The van der Waals surface area contributed by atoms with E-state index in [2.05, 4.69) is 11.3 Å². The van der Waals surface area contributed by atoms with Crippen LogP contribution in [0.3, 0.4) is 0 Å². The molecule has 0 aliphatic rings. The lowest BCUT2D eigenvalue weighted by Crippen LogP contribution is -2.04. The van der Waals surface area contributed by atoms with Gasteiger partial charge < -0.3 is 9.30 Å². The van der Waals surface area contributed by atoms with Gasteiger partial charge in [-0.15, -0.1) is 0 Å². The number of nitrogens with zero attached hydrogens (tertiary/aromatic N) is 2. The number of hydrogen-bond donors (Lipinski definition) is 0. The molecule has 0 amide bonds. The molecule has 0 saturated carbocycles. The van der Waals surface area contributed by atoms with Crippen LogP contribution < -0.4 is 0 Å². The van der Waals surface area contributed by atoms with E-state index in [0.29, 0.717) is 6.61 Å². The monoisotopic (exact) mass is 153 g/mol. The average Bonchev–Trinajstić information content (AvgIpc) is 2.31. The highest BCUT2D eigenvalue weighted by molar-refractivity contribution is 5.07. The van der Waals surface area contributed by atoms with Crippen molar-refractivity contribution < 1.29 is 4.74 Å². The van der Waals surface area contributed by atoms with Gasteiger partial charge in [0.25, 0.3) is 0 Å². The zero-order valence-electron chi connectivity index (χ0n) is 7.22. The van der Waals surface area contributed by atoms with Crippen molar-refractivity contribution in [2.45, 2.75) is 20.4 Å². The van der Waals surface area contributed by atoms with Gasteiger partial charge in [-0.3, -0.25) is 0 Å². The minimum absolute atomic E-state index is 0.715. The number of hydrogen-bond acceptors (Lipinski definition) is 2. The highest BCUT2D eigenvalue weighted by Crippen LogP contribution is 2.02. The number of methoxy groups -OCH3 is 1. The summed E-state index contributed by atoms with van der Waals surface area (Å²) < 4.78 is 6.91. The topological polar surface area (TPSA) is 27.1 Å². The molecule has 0 saturated heterocycles. The predicted octanol–water partition coefficient (Wildman–Crippen LogP) is 0.947. The number of ether oxygens (including phenoxy) is 1. The first-order chi connectivity index (χ1) is 5.25. The molecule has 11 heavy (non-hydrogen) atoms. The van der Waals surface area contributed by atoms with E-state index < -0.39 is 0 Å². The van der Waals surface area contributed by atoms with Crippen molar-refractivity contribution in [1.29, 1.82) is 0 Å². The third-order valence-electron chi connectivity index (χ3n) is 1.79. The summed E-state index contributed by atoms with van der Waals surface area (Å²) in [6.07, 6.45) is 2.90. The molecule has 3 nitrogen and oxygen atoms in total. The summed E-state index contributed by atoms with van der Waals surface area (Å²) in [6.45, 7) is 5.57. The van der Waals surface area contributed by atoms with Gasteiger partial charge in [-0.1, -0.05) is 0 Å². The lowest BCUT2D eigenvalue weighted by atomic mass is 10.4. The van der Waals surface area contributed by atoms with E-state index >= 15 is 0 Å². The molecule has 0 aliphatic carbocycles. The minimum Gasteiger partial charge on any atom is -0.383 e. The molecule has 1 rings (SSSR count). The average molecular weight is 153 g/mol. The van der Waals surface area contributed by atoms with Gasteiger partial charge in [-0.05, 0) is 13.8 Å². The van der Waals surface area contributed by atoms with E-state index in [-0.39, 0.29) is 0 Å². The van der Waals surface area contributed by atoms with Gasteiger partial charge in [0.05, 0.1) is 12.3 Å². The fourth-order valence-corrected chi connectivity index (χ4v) is 0.887. The molecule has 1 radical (unpaired) electrons. The maximum absolute atomic E-state index is 4.94. The molecule has 61 valence electrons. The van der Waals surface area contributed by atoms with Gasteiger partial charge in [0.1, 0.15) is 0 Å². The lowest BCUT2D eigenvalue weighted by Gasteiger charge is -2.02. The van der Waals surface area contributed by atoms with Crippen LogP contribution in [-0.2, 0) is 11.3 Å². The van der Waals surface area contributed by atoms with Crippen LogP contribution >= 0.6 is 0 Å². The summed E-state index contributed by atoms with van der Waals surface area (Å²) in [5, 5.41) is 0. The second-order valence-electron chi connectivity index (χ2n) is 2.53. The predicted molar refractivity (Wildman–Crippen MR) is 42.4 cm³/mol. The Labute approximate surface area is 67.0 Å². The second kappa shape index (κ2) is 3.53. The summed E-state index contributed by atoms with van der Waals surface area (Å²) in [6, 6.07) is 0. The van der Waals surface area contributed by atoms with E-state index in [1.165, 1.54) is 5.69 Å². The summed E-state index contributed by atoms with van der Waals surface area (Å²) >= 11 is 0. The Morgan fingerprint density at radius 2 is 2.27 bits per heavy atom. The number of imidazole rings is 1. The molecule has 0 bridgehead atoms. The molecular formula is C8H13N2O. The summed E-state index contributed by atoms with van der Waals surface area (Å²) in [5.74, 6) is 0. The Hall–Kier alpha value is -0.830.